The lowest BCUT2D eigenvalue weighted by atomic mass is 10.1. The molecule has 0 unspecified atom stereocenters. The molecule has 0 radical (unpaired) electrons. The molecule has 1 aliphatic heterocycles. The van der Waals surface area contributed by atoms with Gasteiger partial charge in [0.15, 0.2) is 0 Å². The van der Waals surface area contributed by atoms with Gasteiger partial charge in [0.2, 0.25) is 0 Å². The molecule has 0 aliphatic carbocycles. The molecule has 2 aromatic carbocycles. The molecule has 136 valence electrons. The normalized spacial score (nSPS) is 14.6. The summed E-state index contributed by atoms with van der Waals surface area (Å²) in [6, 6.07) is 12.2. The molecule has 1 heterocycles. The second kappa shape index (κ2) is 7.99. The van der Waals surface area contributed by atoms with Crippen LogP contribution in [-0.2, 0) is 0 Å². The number of carbonyl (C=O) groups excluding carboxylic acids is 1. The molecule has 1 fully saturated rings. The maximum atomic E-state index is 12.5. The minimum atomic E-state index is -0.399. The van der Waals surface area contributed by atoms with Gasteiger partial charge >= 0.3 is 0 Å². The summed E-state index contributed by atoms with van der Waals surface area (Å²) in [7, 11) is 0. The van der Waals surface area contributed by atoms with Crippen LogP contribution in [0.15, 0.2) is 42.5 Å². The zero-order chi connectivity index (χ0) is 18.5. The monoisotopic (exact) mass is 353 g/mol. The van der Waals surface area contributed by atoms with E-state index < -0.39 is 4.92 Å². The van der Waals surface area contributed by atoms with Crippen molar-refractivity contribution in [1.82, 2.24) is 0 Å². The molecule has 0 spiro atoms. The first-order valence-electron chi connectivity index (χ1n) is 8.96. The van der Waals surface area contributed by atoms with Crippen LogP contribution in [0.3, 0.4) is 0 Å². The summed E-state index contributed by atoms with van der Waals surface area (Å²) in [5, 5.41) is 14.4. The van der Waals surface area contributed by atoms with Crippen LogP contribution in [0.2, 0.25) is 0 Å². The highest BCUT2D eigenvalue weighted by Gasteiger charge is 2.22. The number of nitrogens with one attached hydrogen (secondary N) is 1. The van der Waals surface area contributed by atoms with Crippen molar-refractivity contribution in [3.63, 3.8) is 0 Å². The SMILES string of the molecule is Cc1cccc(NC(=O)c2ccc(N3CCCCCC3)c([N+](=O)[O-])c2)c1. The highest BCUT2D eigenvalue weighted by atomic mass is 16.6. The maximum absolute atomic E-state index is 12.5. The van der Waals surface area contributed by atoms with Crippen molar-refractivity contribution in [2.45, 2.75) is 32.6 Å². The Kier molecular flexibility index (Phi) is 5.51. The number of amides is 1. The Morgan fingerprint density at radius 1 is 1.08 bits per heavy atom. The van der Waals surface area contributed by atoms with E-state index >= 15 is 0 Å². The fourth-order valence-electron chi connectivity index (χ4n) is 3.32. The maximum Gasteiger partial charge on any atom is 0.293 e. The second-order valence-electron chi connectivity index (χ2n) is 6.69. The molecule has 0 aromatic heterocycles. The van der Waals surface area contributed by atoms with Gasteiger partial charge in [0.05, 0.1) is 4.92 Å². The van der Waals surface area contributed by atoms with Crippen LogP contribution in [0, 0.1) is 17.0 Å². The van der Waals surface area contributed by atoms with Gasteiger partial charge in [0.1, 0.15) is 5.69 Å². The Balaban J connectivity index is 1.85. The van der Waals surface area contributed by atoms with Crippen LogP contribution in [0.5, 0.6) is 0 Å². The molecule has 1 N–H and O–H groups in total. The zero-order valence-corrected chi connectivity index (χ0v) is 14.9. The number of nitro benzene ring substituents is 1. The molecule has 2 aromatic rings. The van der Waals surface area contributed by atoms with Crippen molar-refractivity contribution in [1.29, 1.82) is 0 Å². The van der Waals surface area contributed by atoms with E-state index in [9.17, 15) is 14.9 Å². The smallest absolute Gasteiger partial charge is 0.293 e. The molecule has 1 aliphatic rings. The van der Waals surface area contributed by atoms with E-state index in [1.54, 1.807) is 18.2 Å². The Hall–Kier alpha value is -2.89. The standard InChI is InChI=1S/C20H23N3O3/c1-15-7-6-8-17(13-15)21-20(24)16-9-10-18(19(14-16)23(25)26)22-11-4-2-3-5-12-22/h6-10,13-14H,2-5,11-12H2,1H3,(H,21,24). The predicted octanol–water partition coefficient (Wildman–Crippen LogP) is 4.54. The molecule has 6 heteroatoms. The molecule has 1 amide bonds. The number of rotatable bonds is 4. The van der Waals surface area contributed by atoms with E-state index in [1.807, 2.05) is 25.1 Å². The second-order valence-corrected chi connectivity index (χ2v) is 6.69. The van der Waals surface area contributed by atoms with Crippen LogP contribution in [0.4, 0.5) is 17.1 Å². The van der Waals surface area contributed by atoms with Gasteiger partial charge in [-0.15, -0.1) is 0 Å². The minimum absolute atomic E-state index is 0.0104. The fourth-order valence-corrected chi connectivity index (χ4v) is 3.32. The highest BCUT2D eigenvalue weighted by molar-refractivity contribution is 6.05. The Bertz CT molecular complexity index is 812. The topological polar surface area (TPSA) is 75.5 Å². The third kappa shape index (κ3) is 4.20. The molecular weight excluding hydrogens is 330 g/mol. The Morgan fingerprint density at radius 2 is 1.81 bits per heavy atom. The van der Waals surface area contributed by atoms with Crippen molar-refractivity contribution < 1.29 is 9.72 Å². The van der Waals surface area contributed by atoms with Crippen molar-refractivity contribution in [2.75, 3.05) is 23.3 Å². The van der Waals surface area contributed by atoms with Crippen LogP contribution < -0.4 is 10.2 Å². The average molecular weight is 353 g/mol. The summed E-state index contributed by atoms with van der Waals surface area (Å²) < 4.78 is 0. The van der Waals surface area contributed by atoms with E-state index in [2.05, 4.69) is 10.2 Å². The van der Waals surface area contributed by atoms with E-state index in [-0.39, 0.29) is 17.2 Å². The van der Waals surface area contributed by atoms with Gasteiger partial charge in [0, 0.05) is 30.4 Å². The number of nitrogens with zero attached hydrogens (tertiary/aromatic N) is 2. The molecule has 6 nitrogen and oxygen atoms in total. The summed E-state index contributed by atoms with van der Waals surface area (Å²) >= 11 is 0. The highest BCUT2D eigenvalue weighted by Crippen LogP contribution is 2.31. The number of carbonyl (C=O) groups is 1. The molecule has 1 saturated heterocycles. The molecule has 26 heavy (non-hydrogen) atoms. The van der Waals surface area contributed by atoms with Crippen molar-refractivity contribution in [3.05, 3.63) is 63.7 Å². The number of anilines is 2. The van der Waals surface area contributed by atoms with E-state index in [0.29, 0.717) is 11.4 Å². The predicted molar refractivity (Wildman–Crippen MR) is 103 cm³/mol. The first kappa shape index (κ1) is 17.9. The molecule has 0 bridgehead atoms. The van der Waals surface area contributed by atoms with E-state index in [0.717, 1.165) is 44.3 Å². The van der Waals surface area contributed by atoms with E-state index in [1.165, 1.54) is 6.07 Å². The molecule has 3 rings (SSSR count). The van der Waals surface area contributed by atoms with Gasteiger partial charge in [-0.1, -0.05) is 25.0 Å². The zero-order valence-electron chi connectivity index (χ0n) is 14.9. The van der Waals surface area contributed by atoms with Crippen LogP contribution in [0.1, 0.15) is 41.6 Å². The molecule has 0 saturated carbocycles. The largest absolute Gasteiger partial charge is 0.366 e. The summed E-state index contributed by atoms with van der Waals surface area (Å²) in [5.41, 5.74) is 2.59. The average Bonchev–Trinajstić information content (AvgIpc) is 2.90. The van der Waals surface area contributed by atoms with Gasteiger partial charge in [0.25, 0.3) is 11.6 Å². The minimum Gasteiger partial charge on any atom is -0.366 e. The molecule has 0 atom stereocenters. The van der Waals surface area contributed by atoms with Crippen LogP contribution in [0.25, 0.3) is 0 Å². The van der Waals surface area contributed by atoms with E-state index in [4.69, 9.17) is 0 Å². The number of hydrogen-bond acceptors (Lipinski definition) is 4. The quantitative estimate of drug-likeness (QED) is 0.647. The van der Waals surface area contributed by atoms with Gasteiger partial charge in [-0.3, -0.25) is 14.9 Å². The summed E-state index contributed by atoms with van der Waals surface area (Å²) in [6.07, 6.45) is 4.38. The summed E-state index contributed by atoms with van der Waals surface area (Å²) in [4.78, 5) is 25.7. The lowest BCUT2D eigenvalue weighted by Crippen LogP contribution is -2.25. The third-order valence-corrected chi connectivity index (χ3v) is 4.66. The Morgan fingerprint density at radius 3 is 2.46 bits per heavy atom. The summed E-state index contributed by atoms with van der Waals surface area (Å²) in [5.74, 6) is -0.346. The van der Waals surface area contributed by atoms with Gasteiger partial charge in [-0.25, -0.2) is 0 Å². The Labute approximate surface area is 153 Å². The summed E-state index contributed by atoms with van der Waals surface area (Å²) in [6.45, 7) is 3.57. The fraction of sp³-hybridized carbons (Fsp3) is 0.350. The van der Waals surface area contributed by atoms with Gasteiger partial charge in [-0.2, -0.15) is 0 Å². The van der Waals surface area contributed by atoms with Crippen LogP contribution >= 0.6 is 0 Å². The number of hydrogen-bond donors (Lipinski definition) is 1. The van der Waals surface area contributed by atoms with Gasteiger partial charge in [-0.05, 0) is 49.6 Å². The lowest BCUT2D eigenvalue weighted by molar-refractivity contribution is -0.384. The van der Waals surface area contributed by atoms with Crippen LogP contribution in [-0.4, -0.2) is 23.9 Å². The van der Waals surface area contributed by atoms with Crippen molar-refractivity contribution >= 4 is 23.0 Å². The lowest BCUT2D eigenvalue weighted by Gasteiger charge is -2.22. The third-order valence-electron chi connectivity index (χ3n) is 4.66. The van der Waals surface area contributed by atoms with Gasteiger partial charge < -0.3 is 10.2 Å². The molecular formula is C20H23N3O3. The number of nitro groups is 1. The number of benzene rings is 2. The number of aryl methyl sites for hydroxylation is 1. The van der Waals surface area contributed by atoms with Crippen molar-refractivity contribution in [2.24, 2.45) is 0 Å². The first-order valence-corrected chi connectivity index (χ1v) is 8.96. The van der Waals surface area contributed by atoms with Crippen molar-refractivity contribution in [3.8, 4) is 0 Å². The first-order chi connectivity index (χ1) is 12.5.